The molecule has 0 atom stereocenters. The molecular weight excluding hydrogens is 318 g/mol. The number of hydrogen-bond acceptors (Lipinski definition) is 5. The number of H-pyrrole nitrogens is 1. The number of rotatable bonds is 4. The van der Waals surface area contributed by atoms with Gasteiger partial charge in [0.25, 0.3) is 5.91 Å². The number of likely N-dealkylation sites (tertiary alicyclic amines) is 1. The van der Waals surface area contributed by atoms with E-state index in [0.717, 1.165) is 29.9 Å². The molecule has 0 radical (unpaired) electrons. The molecule has 7 nitrogen and oxygen atoms in total. The molecule has 1 aliphatic heterocycles. The Kier molecular flexibility index (Phi) is 3.19. The summed E-state index contributed by atoms with van der Waals surface area (Å²) in [5.41, 5.74) is 2.26. The zero-order chi connectivity index (χ0) is 16.8. The number of aromatic amines is 1. The van der Waals surface area contributed by atoms with E-state index in [9.17, 15) is 4.79 Å². The number of carbonyl (C=O) groups is 1. The molecule has 0 spiro atoms. The summed E-state index contributed by atoms with van der Waals surface area (Å²) < 4.78 is 5.35. The van der Waals surface area contributed by atoms with Crippen molar-refractivity contribution in [2.75, 3.05) is 13.1 Å². The van der Waals surface area contributed by atoms with Crippen LogP contribution in [0.5, 0.6) is 0 Å². The lowest BCUT2D eigenvalue weighted by Crippen LogP contribution is -2.48. The number of nitrogens with one attached hydrogen (secondary N) is 1. The molecule has 1 saturated carbocycles. The Morgan fingerprint density at radius 3 is 2.72 bits per heavy atom. The SMILES string of the molecule is O=C(c1cc(-c2ccccc2)n[nH]1)N1CC(c2nc(C3CC3)no2)C1. The van der Waals surface area contributed by atoms with Crippen molar-refractivity contribution in [3.8, 4) is 11.3 Å². The van der Waals surface area contributed by atoms with Gasteiger partial charge in [0.2, 0.25) is 5.89 Å². The van der Waals surface area contributed by atoms with Gasteiger partial charge >= 0.3 is 0 Å². The van der Waals surface area contributed by atoms with E-state index in [4.69, 9.17) is 4.52 Å². The largest absolute Gasteiger partial charge is 0.339 e. The van der Waals surface area contributed by atoms with Crippen molar-refractivity contribution < 1.29 is 9.32 Å². The molecule has 1 N–H and O–H groups in total. The molecule has 1 aromatic carbocycles. The summed E-state index contributed by atoms with van der Waals surface area (Å²) in [5, 5.41) is 11.1. The maximum atomic E-state index is 12.6. The van der Waals surface area contributed by atoms with Crippen LogP contribution in [0.25, 0.3) is 11.3 Å². The average Bonchev–Trinajstić information content (AvgIpc) is 3.14. The topological polar surface area (TPSA) is 87.9 Å². The smallest absolute Gasteiger partial charge is 0.271 e. The quantitative estimate of drug-likeness (QED) is 0.792. The van der Waals surface area contributed by atoms with Gasteiger partial charge in [-0.05, 0) is 18.9 Å². The Bertz CT molecular complexity index is 906. The monoisotopic (exact) mass is 335 g/mol. The molecule has 2 aromatic heterocycles. The summed E-state index contributed by atoms with van der Waals surface area (Å²) in [6, 6.07) is 11.6. The molecule has 5 rings (SSSR count). The Morgan fingerprint density at radius 2 is 1.96 bits per heavy atom. The third kappa shape index (κ3) is 2.61. The average molecular weight is 335 g/mol. The van der Waals surface area contributed by atoms with Gasteiger partial charge in [0.1, 0.15) is 5.69 Å². The molecule has 2 fully saturated rings. The van der Waals surface area contributed by atoms with Gasteiger partial charge in [-0.2, -0.15) is 10.1 Å². The van der Waals surface area contributed by atoms with Crippen LogP contribution in [0.4, 0.5) is 0 Å². The number of amides is 1. The summed E-state index contributed by atoms with van der Waals surface area (Å²) in [6.07, 6.45) is 2.30. The first-order valence-electron chi connectivity index (χ1n) is 8.51. The van der Waals surface area contributed by atoms with Crippen LogP contribution in [-0.4, -0.2) is 44.2 Å². The highest BCUT2D eigenvalue weighted by molar-refractivity contribution is 5.94. The maximum Gasteiger partial charge on any atom is 0.271 e. The van der Waals surface area contributed by atoms with Gasteiger partial charge < -0.3 is 9.42 Å². The number of nitrogens with zero attached hydrogens (tertiary/aromatic N) is 4. The number of benzene rings is 1. The second-order valence-electron chi connectivity index (χ2n) is 6.71. The lowest BCUT2D eigenvalue weighted by atomic mass is 9.99. The maximum absolute atomic E-state index is 12.6. The summed E-state index contributed by atoms with van der Waals surface area (Å²) in [4.78, 5) is 18.8. The van der Waals surface area contributed by atoms with E-state index in [1.807, 2.05) is 30.3 Å². The Hall–Kier alpha value is -2.96. The van der Waals surface area contributed by atoms with Gasteiger partial charge in [0.05, 0.1) is 11.6 Å². The third-order valence-electron chi connectivity index (χ3n) is 4.80. The van der Waals surface area contributed by atoms with E-state index in [0.29, 0.717) is 30.6 Å². The van der Waals surface area contributed by atoms with Crippen molar-refractivity contribution in [1.82, 2.24) is 25.2 Å². The van der Waals surface area contributed by atoms with E-state index in [1.54, 1.807) is 11.0 Å². The second kappa shape index (κ2) is 5.54. The van der Waals surface area contributed by atoms with Crippen molar-refractivity contribution in [2.24, 2.45) is 0 Å². The molecule has 3 aromatic rings. The van der Waals surface area contributed by atoms with Crippen LogP contribution in [0.1, 0.15) is 46.9 Å². The number of carbonyl (C=O) groups excluding carboxylic acids is 1. The predicted molar refractivity (Wildman–Crippen MR) is 88.9 cm³/mol. The summed E-state index contributed by atoms with van der Waals surface area (Å²) in [7, 11) is 0. The summed E-state index contributed by atoms with van der Waals surface area (Å²) >= 11 is 0. The minimum atomic E-state index is -0.0483. The number of aromatic nitrogens is 4. The van der Waals surface area contributed by atoms with Crippen LogP contribution in [0, 0.1) is 0 Å². The fraction of sp³-hybridized carbons (Fsp3) is 0.333. The molecule has 7 heteroatoms. The number of hydrogen-bond donors (Lipinski definition) is 1. The molecule has 1 saturated heterocycles. The van der Waals surface area contributed by atoms with Crippen LogP contribution < -0.4 is 0 Å². The Labute approximate surface area is 144 Å². The van der Waals surface area contributed by atoms with Crippen LogP contribution in [0.15, 0.2) is 40.9 Å². The van der Waals surface area contributed by atoms with Gasteiger partial charge in [0.15, 0.2) is 5.82 Å². The molecule has 3 heterocycles. The Balaban J connectivity index is 1.24. The van der Waals surface area contributed by atoms with E-state index in [-0.39, 0.29) is 11.8 Å². The fourth-order valence-electron chi connectivity index (χ4n) is 3.08. The van der Waals surface area contributed by atoms with Gasteiger partial charge in [-0.15, -0.1) is 0 Å². The molecule has 0 unspecified atom stereocenters. The normalized spacial score (nSPS) is 17.5. The van der Waals surface area contributed by atoms with Crippen LogP contribution >= 0.6 is 0 Å². The fourth-order valence-corrected chi connectivity index (χ4v) is 3.08. The molecule has 2 aliphatic rings. The highest BCUT2D eigenvalue weighted by Crippen LogP contribution is 2.39. The Morgan fingerprint density at radius 1 is 1.16 bits per heavy atom. The highest BCUT2D eigenvalue weighted by Gasteiger charge is 2.38. The molecule has 25 heavy (non-hydrogen) atoms. The lowest BCUT2D eigenvalue weighted by molar-refractivity contribution is 0.0563. The molecule has 1 aliphatic carbocycles. The van der Waals surface area contributed by atoms with E-state index < -0.39 is 0 Å². The predicted octanol–water partition coefficient (Wildman–Crippen LogP) is 2.58. The van der Waals surface area contributed by atoms with Crippen molar-refractivity contribution in [3.05, 3.63) is 53.8 Å². The molecule has 126 valence electrons. The van der Waals surface area contributed by atoms with E-state index >= 15 is 0 Å². The van der Waals surface area contributed by atoms with Crippen LogP contribution in [-0.2, 0) is 0 Å². The molecule has 1 amide bonds. The van der Waals surface area contributed by atoms with Crippen molar-refractivity contribution in [1.29, 1.82) is 0 Å². The van der Waals surface area contributed by atoms with Gasteiger partial charge in [-0.1, -0.05) is 35.5 Å². The van der Waals surface area contributed by atoms with Gasteiger partial charge in [-0.25, -0.2) is 0 Å². The first-order chi connectivity index (χ1) is 12.3. The first kappa shape index (κ1) is 14.4. The van der Waals surface area contributed by atoms with Crippen molar-refractivity contribution in [2.45, 2.75) is 24.7 Å². The van der Waals surface area contributed by atoms with Gasteiger partial charge in [-0.3, -0.25) is 9.89 Å². The highest BCUT2D eigenvalue weighted by atomic mass is 16.5. The lowest BCUT2D eigenvalue weighted by Gasteiger charge is -2.36. The minimum Gasteiger partial charge on any atom is -0.339 e. The standard InChI is InChI=1S/C18H17N5O2/c24-18(15-8-14(20-21-15)11-4-2-1-3-5-11)23-9-13(10-23)17-19-16(22-25-17)12-6-7-12/h1-5,8,12-13H,6-7,9-10H2,(H,20,21). The minimum absolute atomic E-state index is 0.0483. The third-order valence-corrected chi connectivity index (χ3v) is 4.80. The molecular formula is C18H17N5O2. The van der Waals surface area contributed by atoms with Crippen molar-refractivity contribution in [3.63, 3.8) is 0 Å². The zero-order valence-corrected chi connectivity index (χ0v) is 13.6. The van der Waals surface area contributed by atoms with Crippen LogP contribution in [0.2, 0.25) is 0 Å². The van der Waals surface area contributed by atoms with Crippen molar-refractivity contribution >= 4 is 5.91 Å². The summed E-state index contributed by atoms with van der Waals surface area (Å²) in [5.74, 6) is 2.05. The zero-order valence-electron chi connectivity index (χ0n) is 13.6. The second-order valence-corrected chi connectivity index (χ2v) is 6.71. The van der Waals surface area contributed by atoms with Crippen LogP contribution in [0.3, 0.4) is 0 Å². The van der Waals surface area contributed by atoms with E-state index in [1.165, 1.54) is 0 Å². The summed E-state index contributed by atoms with van der Waals surface area (Å²) in [6.45, 7) is 1.20. The van der Waals surface area contributed by atoms with E-state index in [2.05, 4.69) is 20.3 Å². The first-order valence-corrected chi connectivity index (χ1v) is 8.51. The molecule has 0 bridgehead atoms. The van der Waals surface area contributed by atoms with Gasteiger partial charge in [0, 0.05) is 24.6 Å².